The Hall–Kier alpha value is -7.20. The molecule has 0 fully saturated rings. The molecule has 0 aliphatic carbocycles. The minimum absolute atomic E-state index is 0.00502. The molecule has 12 aromatic rings. The standard InChI is InChI=1S/C32H18Br2N2.C18H13N.C15H10Br2O/c33-22-10-6-19(7-11-22)26-18-27(20-8-12-23(34)13-9-20)25-15-17-29-31-28(16-14-24(26)30(25)31)35-32(36-29)21-4-2-1-3-5-21;1-2-6-13(7-3-1)17-12-15-10-4-8-14-9-5-11-16(19-17)18(14)15;16-13-6-1-11(2-7-13)3-10-15(18)12-4-8-14(17)9-5-12/h1-18H;1-11H,12H2;1-10H/b;;10-3+. The van der Waals surface area contributed by atoms with Gasteiger partial charge in [0.25, 0.3) is 0 Å². The lowest BCUT2D eigenvalue weighted by Gasteiger charge is -2.18. The highest BCUT2D eigenvalue weighted by Crippen LogP contribution is 2.44. The Morgan fingerprint density at radius 1 is 0.438 bits per heavy atom. The van der Waals surface area contributed by atoms with Gasteiger partial charge in [-0.1, -0.05) is 209 Å². The predicted octanol–water partition coefficient (Wildman–Crippen LogP) is 19.5. The zero-order valence-corrected chi connectivity index (χ0v) is 45.3. The summed E-state index contributed by atoms with van der Waals surface area (Å²) in [5.74, 6) is 0.758. The summed E-state index contributed by atoms with van der Waals surface area (Å²) in [4.78, 5) is 26.7. The highest BCUT2D eigenvalue weighted by Gasteiger charge is 2.20. The van der Waals surface area contributed by atoms with Crippen molar-refractivity contribution in [3.8, 4) is 33.6 Å². The first-order chi connectivity index (χ1) is 35.7. The van der Waals surface area contributed by atoms with E-state index in [0.717, 1.165) is 69.1 Å². The van der Waals surface area contributed by atoms with Crippen LogP contribution in [0.2, 0.25) is 0 Å². The number of hydrogen-bond donors (Lipinski definition) is 0. The Morgan fingerprint density at radius 2 is 0.945 bits per heavy atom. The number of aromatic nitrogens is 2. The molecule has 0 unspecified atom stereocenters. The Bertz CT molecular complexity index is 3890. The highest BCUT2D eigenvalue weighted by molar-refractivity contribution is 9.11. The second-order valence-electron chi connectivity index (χ2n) is 17.6. The zero-order chi connectivity index (χ0) is 49.8. The van der Waals surface area contributed by atoms with Gasteiger partial charge in [0.15, 0.2) is 11.6 Å². The lowest BCUT2D eigenvalue weighted by Crippen LogP contribution is -2.08. The van der Waals surface area contributed by atoms with Crippen molar-refractivity contribution in [3.63, 3.8) is 0 Å². The van der Waals surface area contributed by atoms with Gasteiger partial charge in [0.1, 0.15) is 0 Å². The summed E-state index contributed by atoms with van der Waals surface area (Å²) < 4.78 is 4.13. The molecule has 8 heteroatoms. The molecule has 1 aromatic heterocycles. The Kier molecular flexibility index (Phi) is 14.2. The van der Waals surface area contributed by atoms with Crippen molar-refractivity contribution in [1.29, 1.82) is 0 Å². The molecule has 13 rings (SSSR count). The van der Waals surface area contributed by atoms with E-state index in [1.807, 2.05) is 66.7 Å². The van der Waals surface area contributed by atoms with Crippen molar-refractivity contribution in [3.05, 3.63) is 271 Å². The van der Waals surface area contributed by atoms with E-state index in [1.165, 1.54) is 60.3 Å². The van der Waals surface area contributed by atoms with Crippen LogP contribution in [0.4, 0.5) is 5.69 Å². The van der Waals surface area contributed by atoms with Gasteiger partial charge in [0, 0.05) is 51.6 Å². The van der Waals surface area contributed by atoms with Crippen LogP contribution < -0.4 is 0 Å². The molecule has 0 saturated heterocycles. The van der Waals surface area contributed by atoms with Gasteiger partial charge in [-0.3, -0.25) is 9.79 Å². The van der Waals surface area contributed by atoms with Gasteiger partial charge >= 0.3 is 0 Å². The molecule has 11 aromatic carbocycles. The molecule has 0 atom stereocenters. The van der Waals surface area contributed by atoms with Crippen LogP contribution in [0.25, 0.3) is 83.1 Å². The summed E-state index contributed by atoms with van der Waals surface area (Å²) in [6.07, 6.45) is 4.32. The van der Waals surface area contributed by atoms with Crippen LogP contribution in [-0.4, -0.2) is 21.5 Å². The fourth-order valence-electron chi connectivity index (χ4n) is 9.36. The summed E-state index contributed by atoms with van der Waals surface area (Å²) in [6.45, 7) is 0. The van der Waals surface area contributed by atoms with Crippen molar-refractivity contribution >= 4 is 130 Å². The number of aliphatic imine (C=N–C) groups is 1. The van der Waals surface area contributed by atoms with Crippen molar-refractivity contribution < 1.29 is 4.79 Å². The lowest BCUT2D eigenvalue weighted by atomic mass is 9.87. The van der Waals surface area contributed by atoms with Crippen LogP contribution in [0.1, 0.15) is 27.0 Å². The van der Waals surface area contributed by atoms with E-state index in [-0.39, 0.29) is 5.78 Å². The van der Waals surface area contributed by atoms with E-state index in [4.69, 9.17) is 15.0 Å². The largest absolute Gasteiger partial charge is 0.289 e. The maximum Gasteiger partial charge on any atom is 0.185 e. The van der Waals surface area contributed by atoms with Crippen LogP contribution in [0.15, 0.2) is 253 Å². The molecular formula is C65H41Br4N3O. The van der Waals surface area contributed by atoms with Gasteiger partial charge in [-0.2, -0.15) is 0 Å². The van der Waals surface area contributed by atoms with E-state index in [0.29, 0.717) is 5.56 Å². The average molecular weight is 1200 g/mol. The molecule has 0 radical (unpaired) electrons. The Balaban J connectivity index is 0.000000131. The van der Waals surface area contributed by atoms with Crippen LogP contribution in [-0.2, 0) is 6.42 Å². The normalized spacial score (nSPS) is 11.9. The van der Waals surface area contributed by atoms with Gasteiger partial charge in [-0.05, 0) is 146 Å². The van der Waals surface area contributed by atoms with Gasteiger partial charge in [0.05, 0.1) is 22.4 Å². The fourth-order valence-corrected chi connectivity index (χ4v) is 10.4. The van der Waals surface area contributed by atoms with Crippen molar-refractivity contribution in [2.75, 3.05) is 0 Å². The van der Waals surface area contributed by atoms with Crippen LogP contribution >= 0.6 is 63.7 Å². The molecule has 0 bridgehead atoms. The molecule has 4 nitrogen and oxygen atoms in total. The molecular weight excluding hydrogens is 1160 g/mol. The minimum atomic E-state index is 0.00502. The molecule has 2 heterocycles. The zero-order valence-electron chi connectivity index (χ0n) is 39.0. The average Bonchev–Trinajstić information content (AvgIpc) is 3.44. The van der Waals surface area contributed by atoms with E-state index in [1.54, 1.807) is 18.2 Å². The van der Waals surface area contributed by atoms with Gasteiger partial charge in [-0.15, -0.1) is 0 Å². The van der Waals surface area contributed by atoms with E-state index < -0.39 is 0 Å². The summed E-state index contributed by atoms with van der Waals surface area (Å²) in [6, 6.07) is 76.7. The van der Waals surface area contributed by atoms with E-state index in [2.05, 4.69) is 215 Å². The number of hydrogen-bond acceptors (Lipinski definition) is 4. The second kappa shape index (κ2) is 21.5. The fraction of sp³-hybridized carbons (Fsp3) is 0.0154. The number of nitrogens with zero attached hydrogens (tertiary/aromatic N) is 3. The van der Waals surface area contributed by atoms with Gasteiger partial charge in [0.2, 0.25) is 0 Å². The molecule has 0 N–H and O–H groups in total. The van der Waals surface area contributed by atoms with E-state index in [9.17, 15) is 4.79 Å². The summed E-state index contributed by atoms with van der Waals surface area (Å²) in [5, 5.41) is 7.34. The van der Waals surface area contributed by atoms with Crippen LogP contribution in [0, 0.1) is 0 Å². The van der Waals surface area contributed by atoms with Crippen LogP contribution in [0.5, 0.6) is 0 Å². The molecule has 0 saturated carbocycles. The quantitative estimate of drug-likeness (QED) is 0.0908. The van der Waals surface area contributed by atoms with Crippen LogP contribution in [0.3, 0.4) is 0 Å². The first kappa shape index (κ1) is 48.1. The summed E-state index contributed by atoms with van der Waals surface area (Å²) >= 11 is 13.9. The first-order valence-electron chi connectivity index (χ1n) is 23.7. The number of ketones is 1. The van der Waals surface area contributed by atoms with Crippen molar-refractivity contribution in [2.24, 2.45) is 4.99 Å². The van der Waals surface area contributed by atoms with E-state index >= 15 is 0 Å². The molecule has 1 aliphatic rings. The Labute approximate surface area is 457 Å². The smallest absolute Gasteiger partial charge is 0.185 e. The topological polar surface area (TPSA) is 55.2 Å². The summed E-state index contributed by atoms with van der Waals surface area (Å²) in [7, 11) is 0. The number of carbonyl (C=O) groups excluding carboxylic acids is 1. The van der Waals surface area contributed by atoms with Crippen molar-refractivity contribution in [2.45, 2.75) is 6.42 Å². The Morgan fingerprint density at radius 3 is 1.51 bits per heavy atom. The molecule has 73 heavy (non-hydrogen) atoms. The molecule has 0 amide bonds. The molecule has 1 aliphatic heterocycles. The minimum Gasteiger partial charge on any atom is -0.289 e. The second-order valence-corrected chi connectivity index (χ2v) is 21.2. The lowest BCUT2D eigenvalue weighted by molar-refractivity contribution is 0.104. The third-order valence-corrected chi connectivity index (χ3v) is 15.0. The van der Waals surface area contributed by atoms with Crippen molar-refractivity contribution in [1.82, 2.24) is 9.97 Å². The number of rotatable bonds is 7. The third-order valence-electron chi connectivity index (χ3n) is 12.9. The number of carbonyl (C=O) groups is 1. The maximum atomic E-state index is 11.9. The van der Waals surface area contributed by atoms with Gasteiger partial charge in [-0.25, -0.2) is 9.97 Å². The molecule has 0 spiro atoms. The maximum absolute atomic E-state index is 11.9. The van der Waals surface area contributed by atoms with Gasteiger partial charge < -0.3 is 0 Å². The first-order valence-corrected chi connectivity index (χ1v) is 26.8. The SMILES string of the molecule is Brc1ccc(-c2cc(-c3ccc(Br)cc3)c3ccc4nc(-c5ccccc5)nc5ccc2c3c54)cc1.O=C(/C=C/c1ccc(Br)cc1)c1ccc(Br)cc1.c1ccc(C2=Nc3cccc4cccc(c34)C2)cc1. The third kappa shape index (κ3) is 10.5. The number of halogens is 4. The number of allylic oxidation sites excluding steroid dienone is 1. The molecule has 350 valence electrons. The predicted molar refractivity (Wildman–Crippen MR) is 319 cm³/mol. The number of benzene rings is 11. The summed E-state index contributed by atoms with van der Waals surface area (Å²) in [5.41, 5.74) is 14.3. The monoisotopic (exact) mass is 1190 g/mol. The highest BCUT2D eigenvalue weighted by atomic mass is 79.9.